The van der Waals surface area contributed by atoms with E-state index < -0.39 is 34.6 Å². The van der Waals surface area contributed by atoms with Gasteiger partial charge in [-0.1, -0.05) is 0 Å². The molecule has 0 aliphatic carbocycles. The largest absolute Gasteiger partial charge is 0.436 e. The zero-order valence-corrected chi connectivity index (χ0v) is 11.1. The van der Waals surface area contributed by atoms with E-state index in [2.05, 4.69) is 5.10 Å². The summed E-state index contributed by atoms with van der Waals surface area (Å²) in [6.45, 7) is 1.22. The monoisotopic (exact) mass is 299 g/mol. The van der Waals surface area contributed by atoms with Gasteiger partial charge < -0.3 is 9.84 Å². The summed E-state index contributed by atoms with van der Waals surface area (Å²) in [7, 11) is 1.50. The number of hydrogen-bond donors (Lipinski definition) is 1. The first kappa shape index (κ1) is 14.9. The van der Waals surface area contributed by atoms with Gasteiger partial charge in [-0.3, -0.25) is 10.1 Å². The molecule has 0 aliphatic heterocycles. The normalized spacial score (nSPS) is 10.7. The predicted octanol–water partition coefficient (Wildman–Crippen LogP) is 2.20. The zero-order chi connectivity index (χ0) is 15.7. The van der Waals surface area contributed by atoms with Gasteiger partial charge in [0.05, 0.1) is 28.9 Å². The minimum Gasteiger partial charge on any atom is -0.436 e. The van der Waals surface area contributed by atoms with E-state index in [-0.39, 0.29) is 5.88 Å². The molecule has 1 N–H and O–H groups in total. The standard InChI is InChI=1S/C12H11F2N3O4/c1-6-7(5-18)12(16(2)15-6)21-11-4-8(13)10(17(19)20)3-9(11)14/h3-4,18H,5H2,1-2H3. The number of aliphatic hydroxyl groups excluding tert-OH is 1. The SMILES string of the molecule is Cc1nn(C)c(Oc2cc(F)c([N+](=O)[O-])cc2F)c1CO. The second-order valence-electron chi connectivity index (χ2n) is 4.24. The van der Waals surface area contributed by atoms with Gasteiger partial charge in [-0.2, -0.15) is 9.49 Å². The van der Waals surface area contributed by atoms with Gasteiger partial charge in [0.25, 0.3) is 0 Å². The molecule has 0 atom stereocenters. The second kappa shape index (κ2) is 5.44. The number of aromatic nitrogens is 2. The highest BCUT2D eigenvalue weighted by molar-refractivity contribution is 5.42. The molecular formula is C12H11F2N3O4. The Hall–Kier alpha value is -2.55. The van der Waals surface area contributed by atoms with Gasteiger partial charge in [-0.25, -0.2) is 9.07 Å². The predicted molar refractivity (Wildman–Crippen MR) is 67.0 cm³/mol. The molecule has 0 unspecified atom stereocenters. The lowest BCUT2D eigenvalue weighted by molar-refractivity contribution is -0.387. The Balaban J connectivity index is 2.46. The molecule has 0 radical (unpaired) electrons. The number of aryl methyl sites for hydroxylation is 2. The van der Waals surface area contributed by atoms with E-state index in [1.54, 1.807) is 6.92 Å². The summed E-state index contributed by atoms with van der Waals surface area (Å²) in [5, 5.41) is 23.7. The van der Waals surface area contributed by atoms with E-state index in [1.165, 1.54) is 11.7 Å². The first-order valence-electron chi connectivity index (χ1n) is 5.79. The van der Waals surface area contributed by atoms with E-state index in [0.29, 0.717) is 23.4 Å². The smallest absolute Gasteiger partial charge is 0.307 e. The maximum absolute atomic E-state index is 13.8. The van der Waals surface area contributed by atoms with Crippen LogP contribution in [0.2, 0.25) is 0 Å². The number of benzene rings is 1. The average Bonchev–Trinajstić information content (AvgIpc) is 2.67. The minimum atomic E-state index is -1.22. The fraction of sp³-hybridized carbons (Fsp3) is 0.250. The van der Waals surface area contributed by atoms with Crippen molar-refractivity contribution in [3.8, 4) is 11.6 Å². The fourth-order valence-electron chi connectivity index (χ4n) is 1.83. The lowest BCUT2D eigenvalue weighted by atomic mass is 10.2. The van der Waals surface area contributed by atoms with E-state index >= 15 is 0 Å². The van der Waals surface area contributed by atoms with Crippen LogP contribution in [0.25, 0.3) is 0 Å². The zero-order valence-electron chi connectivity index (χ0n) is 11.1. The molecule has 0 bridgehead atoms. The Morgan fingerprint density at radius 3 is 2.67 bits per heavy atom. The van der Waals surface area contributed by atoms with Gasteiger partial charge in [0.1, 0.15) is 0 Å². The molecule has 112 valence electrons. The molecular weight excluding hydrogens is 288 g/mol. The van der Waals surface area contributed by atoms with E-state index in [1.807, 2.05) is 0 Å². The summed E-state index contributed by atoms with van der Waals surface area (Å²) in [4.78, 5) is 9.48. The van der Waals surface area contributed by atoms with Crippen molar-refractivity contribution in [1.29, 1.82) is 0 Å². The van der Waals surface area contributed by atoms with Crippen LogP contribution in [-0.2, 0) is 13.7 Å². The number of hydrogen-bond acceptors (Lipinski definition) is 5. The maximum Gasteiger partial charge on any atom is 0.307 e. The summed E-state index contributed by atoms with van der Waals surface area (Å²) in [6, 6.07) is 1.02. The molecule has 0 spiro atoms. The molecule has 0 saturated carbocycles. The third-order valence-electron chi connectivity index (χ3n) is 2.85. The van der Waals surface area contributed by atoms with Gasteiger partial charge in [0, 0.05) is 13.1 Å². The lowest BCUT2D eigenvalue weighted by Crippen LogP contribution is -2.01. The molecule has 21 heavy (non-hydrogen) atoms. The Kier molecular flexibility index (Phi) is 3.85. The highest BCUT2D eigenvalue weighted by atomic mass is 19.1. The highest BCUT2D eigenvalue weighted by Gasteiger charge is 2.22. The van der Waals surface area contributed by atoms with Crippen LogP contribution < -0.4 is 4.74 Å². The number of aliphatic hydroxyl groups is 1. The highest BCUT2D eigenvalue weighted by Crippen LogP contribution is 2.32. The number of nitro benzene ring substituents is 1. The number of halogens is 2. The van der Waals surface area contributed by atoms with Crippen LogP contribution >= 0.6 is 0 Å². The Bertz CT molecular complexity index is 715. The lowest BCUT2D eigenvalue weighted by Gasteiger charge is -2.08. The Morgan fingerprint density at radius 1 is 1.43 bits per heavy atom. The first-order chi connectivity index (χ1) is 9.85. The van der Waals surface area contributed by atoms with Crippen molar-refractivity contribution in [2.24, 2.45) is 7.05 Å². The van der Waals surface area contributed by atoms with Crippen LogP contribution in [0.5, 0.6) is 11.6 Å². The van der Waals surface area contributed by atoms with Crippen LogP contribution in [0.3, 0.4) is 0 Å². The first-order valence-corrected chi connectivity index (χ1v) is 5.79. The van der Waals surface area contributed by atoms with Gasteiger partial charge >= 0.3 is 5.69 Å². The molecule has 0 aliphatic rings. The molecule has 1 aromatic carbocycles. The summed E-state index contributed by atoms with van der Waals surface area (Å²) < 4.78 is 33.7. The quantitative estimate of drug-likeness (QED) is 0.690. The van der Waals surface area contributed by atoms with E-state index in [9.17, 15) is 24.0 Å². The number of ether oxygens (including phenoxy) is 1. The third kappa shape index (κ3) is 2.68. The van der Waals surface area contributed by atoms with Crippen molar-refractivity contribution in [1.82, 2.24) is 9.78 Å². The van der Waals surface area contributed by atoms with Gasteiger partial charge in [0.2, 0.25) is 11.7 Å². The van der Waals surface area contributed by atoms with Crippen molar-refractivity contribution >= 4 is 5.69 Å². The van der Waals surface area contributed by atoms with Gasteiger partial charge in [0.15, 0.2) is 11.6 Å². The van der Waals surface area contributed by atoms with Gasteiger partial charge in [-0.15, -0.1) is 0 Å². The van der Waals surface area contributed by atoms with Crippen molar-refractivity contribution in [2.45, 2.75) is 13.5 Å². The van der Waals surface area contributed by atoms with Crippen molar-refractivity contribution in [3.05, 3.63) is 45.1 Å². The van der Waals surface area contributed by atoms with Crippen LogP contribution in [0.15, 0.2) is 12.1 Å². The molecule has 0 amide bonds. The Labute approximate surface area is 117 Å². The van der Waals surface area contributed by atoms with Crippen LogP contribution in [0, 0.1) is 28.7 Å². The number of nitrogens with zero attached hydrogens (tertiary/aromatic N) is 3. The fourth-order valence-corrected chi connectivity index (χ4v) is 1.83. The number of nitro groups is 1. The molecule has 1 aromatic heterocycles. The van der Waals surface area contributed by atoms with E-state index in [0.717, 1.165) is 0 Å². The molecule has 0 saturated heterocycles. The summed E-state index contributed by atoms with van der Waals surface area (Å²) in [5.74, 6) is -2.82. The molecule has 9 heteroatoms. The summed E-state index contributed by atoms with van der Waals surface area (Å²) in [5.41, 5.74) is -0.197. The van der Waals surface area contributed by atoms with Crippen molar-refractivity contribution < 1.29 is 23.5 Å². The molecule has 2 aromatic rings. The second-order valence-corrected chi connectivity index (χ2v) is 4.24. The number of rotatable bonds is 4. The van der Waals surface area contributed by atoms with Crippen molar-refractivity contribution in [2.75, 3.05) is 0 Å². The summed E-state index contributed by atoms with van der Waals surface area (Å²) in [6.07, 6.45) is 0. The minimum absolute atomic E-state index is 0.0298. The maximum atomic E-state index is 13.8. The topological polar surface area (TPSA) is 90.4 Å². The van der Waals surface area contributed by atoms with Crippen molar-refractivity contribution in [3.63, 3.8) is 0 Å². The third-order valence-corrected chi connectivity index (χ3v) is 2.85. The summed E-state index contributed by atoms with van der Waals surface area (Å²) >= 11 is 0. The molecule has 1 heterocycles. The van der Waals surface area contributed by atoms with Gasteiger partial charge in [-0.05, 0) is 6.92 Å². The van der Waals surface area contributed by atoms with Crippen LogP contribution in [0.1, 0.15) is 11.3 Å². The van der Waals surface area contributed by atoms with E-state index in [4.69, 9.17) is 4.74 Å². The Morgan fingerprint density at radius 2 is 2.10 bits per heavy atom. The van der Waals surface area contributed by atoms with Crippen LogP contribution in [-0.4, -0.2) is 19.8 Å². The molecule has 7 nitrogen and oxygen atoms in total. The molecule has 0 fully saturated rings. The average molecular weight is 299 g/mol. The molecule has 2 rings (SSSR count). The van der Waals surface area contributed by atoms with Crippen LogP contribution in [0.4, 0.5) is 14.5 Å².